The van der Waals surface area contributed by atoms with Gasteiger partial charge >= 0.3 is 11.9 Å². The maximum Gasteiger partial charge on any atom is 0.309 e. The molecule has 4 nitrogen and oxygen atoms in total. The van der Waals surface area contributed by atoms with Gasteiger partial charge in [0.2, 0.25) is 0 Å². The molecule has 0 aliphatic carbocycles. The number of hydrogen-bond donors (Lipinski definition) is 0. The summed E-state index contributed by atoms with van der Waals surface area (Å²) in [6, 6.07) is 9.44. The number of carbonyl (C=O) groups excluding carboxylic acids is 2. The molecule has 0 saturated heterocycles. The maximum absolute atomic E-state index is 11.3. The second-order valence-electron chi connectivity index (χ2n) is 3.87. The van der Waals surface area contributed by atoms with E-state index in [1.54, 1.807) is 0 Å². The van der Waals surface area contributed by atoms with E-state index in [0.717, 1.165) is 12.0 Å². The fourth-order valence-electron chi connectivity index (χ4n) is 1.33. The molecular weight excluding hydrogens is 232 g/mol. The summed E-state index contributed by atoms with van der Waals surface area (Å²) in [6.45, 7) is 2.24. The van der Waals surface area contributed by atoms with E-state index in [1.165, 1.54) is 0 Å². The summed E-state index contributed by atoms with van der Waals surface area (Å²) in [6.07, 6.45) is 1.23. The lowest BCUT2D eigenvalue weighted by Gasteiger charge is -2.05. The van der Waals surface area contributed by atoms with Gasteiger partial charge in [0.05, 0.1) is 6.42 Å². The minimum Gasteiger partial charge on any atom is -0.465 e. The van der Waals surface area contributed by atoms with Crippen LogP contribution in [0, 0.1) is 0 Å². The third-order valence-corrected chi connectivity index (χ3v) is 2.27. The molecule has 0 fully saturated rings. The molecule has 0 atom stereocenters. The Kier molecular flexibility index (Phi) is 6.54. The van der Waals surface area contributed by atoms with Crippen LogP contribution in [0.5, 0.6) is 0 Å². The monoisotopic (exact) mass is 250 g/mol. The average molecular weight is 250 g/mol. The second-order valence-corrected chi connectivity index (χ2v) is 3.87. The molecule has 0 radical (unpaired) electrons. The summed E-state index contributed by atoms with van der Waals surface area (Å²) in [5.74, 6) is -0.628. The lowest BCUT2D eigenvalue weighted by Crippen LogP contribution is -2.11. The number of benzene rings is 1. The van der Waals surface area contributed by atoms with Gasteiger partial charge in [0.15, 0.2) is 0 Å². The van der Waals surface area contributed by atoms with Gasteiger partial charge in [0.1, 0.15) is 13.2 Å². The van der Waals surface area contributed by atoms with Gasteiger partial charge < -0.3 is 9.47 Å². The average Bonchev–Trinajstić information content (AvgIpc) is 2.38. The Labute approximate surface area is 107 Å². The molecule has 0 saturated carbocycles. The van der Waals surface area contributed by atoms with Gasteiger partial charge in [0.25, 0.3) is 0 Å². The smallest absolute Gasteiger partial charge is 0.309 e. The lowest BCUT2D eigenvalue weighted by molar-refractivity contribution is -0.150. The van der Waals surface area contributed by atoms with Crippen LogP contribution in [0.1, 0.15) is 31.7 Å². The molecule has 0 N–H and O–H groups in total. The molecule has 1 aromatic carbocycles. The SMILES string of the molecule is CCCC(=O)OCCC(=O)OCc1ccccc1. The topological polar surface area (TPSA) is 52.6 Å². The van der Waals surface area contributed by atoms with Crippen LogP contribution < -0.4 is 0 Å². The van der Waals surface area contributed by atoms with Gasteiger partial charge in [-0.3, -0.25) is 9.59 Å². The molecule has 0 aromatic heterocycles. The molecular formula is C14H18O4. The number of ether oxygens (including phenoxy) is 2. The molecule has 18 heavy (non-hydrogen) atoms. The van der Waals surface area contributed by atoms with Crippen molar-refractivity contribution in [3.05, 3.63) is 35.9 Å². The Morgan fingerprint density at radius 1 is 1.00 bits per heavy atom. The highest BCUT2D eigenvalue weighted by Gasteiger charge is 2.06. The Hall–Kier alpha value is -1.84. The van der Waals surface area contributed by atoms with E-state index >= 15 is 0 Å². The van der Waals surface area contributed by atoms with Crippen LogP contribution in [0.25, 0.3) is 0 Å². The van der Waals surface area contributed by atoms with E-state index in [9.17, 15) is 9.59 Å². The molecule has 0 aliphatic heterocycles. The number of rotatable bonds is 7. The summed E-state index contributed by atoms with van der Waals surface area (Å²) < 4.78 is 9.90. The number of carbonyl (C=O) groups is 2. The fraction of sp³-hybridized carbons (Fsp3) is 0.429. The number of esters is 2. The highest BCUT2D eigenvalue weighted by molar-refractivity contribution is 5.71. The normalized spacial score (nSPS) is 9.83. The highest BCUT2D eigenvalue weighted by atomic mass is 16.5. The van der Waals surface area contributed by atoms with Crippen molar-refractivity contribution >= 4 is 11.9 Å². The first-order valence-electron chi connectivity index (χ1n) is 6.07. The van der Waals surface area contributed by atoms with Gasteiger partial charge in [-0.15, -0.1) is 0 Å². The first kappa shape index (κ1) is 14.2. The van der Waals surface area contributed by atoms with Crippen molar-refractivity contribution < 1.29 is 19.1 Å². The van der Waals surface area contributed by atoms with Crippen molar-refractivity contribution in [3.63, 3.8) is 0 Å². The van der Waals surface area contributed by atoms with Crippen molar-refractivity contribution in [2.75, 3.05) is 6.61 Å². The van der Waals surface area contributed by atoms with Gasteiger partial charge in [-0.05, 0) is 12.0 Å². The van der Waals surface area contributed by atoms with Gasteiger partial charge in [-0.25, -0.2) is 0 Å². The molecule has 0 unspecified atom stereocenters. The first-order chi connectivity index (χ1) is 8.72. The van der Waals surface area contributed by atoms with E-state index < -0.39 is 0 Å². The molecule has 0 aliphatic rings. The fourth-order valence-corrected chi connectivity index (χ4v) is 1.33. The first-order valence-corrected chi connectivity index (χ1v) is 6.07. The zero-order valence-corrected chi connectivity index (χ0v) is 10.6. The van der Waals surface area contributed by atoms with E-state index in [0.29, 0.717) is 6.42 Å². The number of hydrogen-bond acceptors (Lipinski definition) is 4. The van der Waals surface area contributed by atoms with Crippen molar-refractivity contribution in [1.29, 1.82) is 0 Å². The van der Waals surface area contributed by atoms with Crippen LogP contribution in [0.15, 0.2) is 30.3 Å². The predicted octanol–water partition coefficient (Wildman–Crippen LogP) is 2.46. The third kappa shape index (κ3) is 6.03. The molecule has 98 valence electrons. The largest absolute Gasteiger partial charge is 0.465 e. The zero-order valence-electron chi connectivity index (χ0n) is 10.6. The molecule has 0 heterocycles. The van der Waals surface area contributed by atoms with Crippen molar-refractivity contribution in [3.8, 4) is 0 Å². The maximum atomic E-state index is 11.3. The Morgan fingerprint density at radius 3 is 2.33 bits per heavy atom. The van der Waals surface area contributed by atoms with Gasteiger partial charge in [-0.2, -0.15) is 0 Å². The Morgan fingerprint density at radius 2 is 1.67 bits per heavy atom. The van der Waals surface area contributed by atoms with Crippen molar-refractivity contribution in [2.24, 2.45) is 0 Å². The van der Waals surface area contributed by atoms with Crippen LogP contribution >= 0.6 is 0 Å². The van der Waals surface area contributed by atoms with E-state index in [-0.39, 0.29) is 31.6 Å². The zero-order chi connectivity index (χ0) is 13.2. The van der Waals surface area contributed by atoms with Crippen molar-refractivity contribution in [1.82, 2.24) is 0 Å². The van der Waals surface area contributed by atoms with Crippen LogP contribution in [-0.4, -0.2) is 18.5 Å². The molecule has 0 amide bonds. The molecule has 0 bridgehead atoms. The molecule has 1 aromatic rings. The van der Waals surface area contributed by atoms with E-state index in [2.05, 4.69) is 0 Å². The van der Waals surface area contributed by atoms with Gasteiger partial charge in [-0.1, -0.05) is 37.3 Å². The quantitative estimate of drug-likeness (QED) is 0.697. The Bertz CT molecular complexity index is 373. The minimum atomic E-state index is -0.358. The van der Waals surface area contributed by atoms with Crippen LogP contribution in [-0.2, 0) is 25.7 Å². The van der Waals surface area contributed by atoms with Crippen LogP contribution in [0.3, 0.4) is 0 Å². The molecule has 4 heteroatoms. The summed E-state index contributed by atoms with van der Waals surface area (Å²) in [5, 5.41) is 0. The minimum absolute atomic E-state index is 0.0897. The standard InChI is InChI=1S/C14H18O4/c1-2-6-13(15)17-10-9-14(16)18-11-12-7-4-3-5-8-12/h3-5,7-8H,2,6,9-11H2,1H3. The lowest BCUT2D eigenvalue weighted by atomic mass is 10.2. The second kappa shape index (κ2) is 8.28. The molecule has 0 spiro atoms. The molecule has 1 rings (SSSR count). The summed E-state index contributed by atoms with van der Waals surface area (Å²) in [4.78, 5) is 22.4. The van der Waals surface area contributed by atoms with E-state index in [1.807, 2.05) is 37.3 Å². The summed E-state index contributed by atoms with van der Waals surface area (Å²) in [7, 11) is 0. The van der Waals surface area contributed by atoms with Crippen LogP contribution in [0.2, 0.25) is 0 Å². The van der Waals surface area contributed by atoms with Crippen molar-refractivity contribution in [2.45, 2.75) is 32.8 Å². The van der Waals surface area contributed by atoms with E-state index in [4.69, 9.17) is 9.47 Å². The highest BCUT2D eigenvalue weighted by Crippen LogP contribution is 2.02. The third-order valence-electron chi connectivity index (χ3n) is 2.27. The summed E-state index contributed by atoms with van der Waals surface area (Å²) >= 11 is 0. The van der Waals surface area contributed by atoms with Crippen LogP contribution in [0.4, 0.5) is 0 Å². The summed E-state index contributed by atoms with van der Waals surface area (Å²) in [5.41, 5.74) is 0.939. The van der Waals surface area contributed by atoms with Gasteiger partial charge in [0, 0.05) is 6.42 Å². The predicted molar refractivity (Wildman–Crippen MR) is 66.7 cm³/mol. The Balaban J connectivity index is 2.13.